The number of hydrogen-bond donors (Lipinski definition) is 2. The van der Waals surface area contributed by atoms with E-state index in [0.29, 0.717) is 0 Å². The number of hydrogen-bond acceptors (Lipinski definition) is 4. The molecule has 1 aromatic heterocycles. The third-order valence-electron chi connectivity index (χ3n) is 4.14. The molecule has 128 valence electrons. The first kappa shape index (κ1) is 17.0. The van der Waals surface area contributed by atoms with Crippen molar-refractivity contribution in [2.24, 2.45) is 0 Å². The number of nitrogens with zero attached hydrogens (tertiary/aromatic N) is 2. The molecule has 0 radical (unpaired) electrons. The lowest BCUT2D eigenvalue weighted by molar-refractivity contribution is 0.867. The fraction of sp³-hybridized carbons (Fsp3) is 0.238. The molecule has 2 aromatic carbocycles. The number of rotatable bonds is 6. The van der Waals surface area contributed by atoms with Crippen LogP contribution in [0.2, 0.25) is 0 Å². The maximum Gasteiger partial charge on any atom is 0.136 e. The first-order valence-electron chi connectivity index (χ1n) is 8.67. The second-order valence-electron chi connectivity index (χ2n) is 6.14. The lowest BCUT2D eigenvalue weighted by Gasteiger charge is -2.16. The summed E-state index contributed by atoms with van der Waals surface area (Å²) in [4.78, 5) is 9.00. The smallest absolute Gasteiger partial charge is 0.136 e. The average Bonchev–Trinajstić information content (AvgIpc) is 2.62. The van der Waals surface area contributed by atoms with Gasteiger partial charge in [0.25, 0.3) is 0 Å². The summed E-state index contributed by atoms with van der Waals surface area (Å²) in [5.74, 6) is 2.34. The van der Waals surface area contributed by atoms with Crippen molar-refractivity contribution in [3.63, 3.8) is 0 Å². The zero-order valence-electron chi connectivity index (χ0n) is 15.0. The third-order valence-corrected chi connectivity index (χ3v) is 4.14. The summed E-state index contributed by atoms with van der Waals surface area (Å²) in [6.45, 7) is 6.19. The lowest BCUT2D eigenvalue weighted by atomic mass is 10.1. The number of nitrogens with one attached hydrogen (secondary N) is 2. The molecule has 3 rings (SSSR count). The highest BCUT2D eigenvalue weighted by molar-refractivity contribution is 5.59. The van der Waals surface area contributed by atoms with Gasteiger partial charge in [-0.05, 0) is 43.5 Å². The van der Waals surface area contributed by atoms with Crippen LogP contribution < -0.4 is 10.6 Å². The van der Waals surface area contributed by atoms with Crippen LogP contribution in [0.5, 0.6) is 0 Å². The highest BCUT2D eigenvalue weighted by atomic mass is 15.1. The van der Waals surface area contributed by atoms with Crippen molar-refractivity contribution in [3.05, 3.63) is 77.6 Å². The Kier molecular flexibility index (Phi) is 5.29. The molecule has 0 saturated heterocycles. The summed E-state index contributed by atoms with van der Waals surface area (Å²) in [7, 11) is 0. The molecule has 0 aliphatic rings. The van der Waals surface area contributed by atoms with E-state index in [1.165, 1.54) is 11.1 Å². The highest BCUT2D eigenvalue weighted by Crippen LogP contribution is 2.22. The van der Waals surface area contributed by atoms with Gasteiger partial charge in [-0.1, -0.05) is 49.4 Å². The van der Waals surface area contributed by atoms with Crippen molar-refractivity contribution in [1.29, 1.82) is 0 Å². The quantitative estimate of drug-likeness (QED) is 0.646. The summed E-state index contributed by atoms with van der Waals surface area (Å²) in [5, 5.41) is 6.81. The van der Waals surface area contributed by atoms with E-state index >= 15 is 0 Å². The highest BCUT2D eigenvalue weighted by Gasteiger charge is 2.08. The van der Waals surface area contributed by atoms with E-state index in [1.807, 2.05) is 31.2 Å². The molecule has 3 aromatic rings. The minimum atomic E-state index is 0.173. The van der Waals surface area contributed by atoms with Gasteiger partial charge in [0.1, 0.15) is 17.5 Å². The molecule has 0 aliphatic carbocycles. The molecule has 1 heterocycles. The number of benzene rings is 2. The number of aromatic nitrogens is 2. The van der Waals surface area contributed by atoms with Gasteiger partial charge in [-0.2, -0.15) is 0 Å². The predicted octanol–water partition coefficient (Wildman–Crippen LogP) is 5.26. The number of aryl methyl sites for hydroxylation is 2. The van der Waals surface area contributed by atoms with E-state index in [1.54, 1.807) is 0 Å². The van der Waals surface area contributed by atoms with E-state index in [-0.39, 0.29) is 6.04 Å². The van der Waals surface area contributed by atoms with Crippen LogP contribution in [0, 0.1) is 6.92 Å². The van der Waals surface area contributed by atoms with Gasteiger partial charge in [0.05, 0.1) is 0 Å². The molecule has 0 bridgehead atoms. The second kappa shape index (κ2) is 7.79. The minimum Gasteiger partial charge on any atom is -0.363 e. The van der Waals surface area contributed by atoms with Gasteiger partial charge in [-0.25, -0.2) is 9.97 Å². The largest absolute Gasteiger partial charge is 0.363 e. The maximum atomic E-state index is 4.51. The molecule has 0 spiro atoms. The topological polar surface area (TPSA) is 49.8 Å². The van der Waals surface area contributed by atoms with Crippen LogP contribution in [0.15, 0.2) is 60.7 Å². The molecule has 0 aliphatic heterocycles. The van der Waals surface area contributed by atoms with Crippen molar-refractivity contribution in [2.45, 2.75) is 33.2 Å². The summed E-state index contributed by atoms with van der Waals surface area (Å²) < 4.78 is 0. The maximum absolute atomic E-state index is 4.51. The van der Waals surface area contributed by atoms with Gasteiger partial charge in [0, 0.05) is 17.8 Å². The van der Waals surface area contributed by atoms with Gasteiger partial charge < -0.3 is 10.6 Å². The van der Waals surface area contributed by atoms with Crippen LogP contribution in [0.3, 0.4) is 0 Å². The standard InChI is InChI=1S/C21H24N4/c1-4-17-10-12-19(13-11-17)25-21-14-20(23-16(3)24-21)22-15(2)18-8-6-5-7-9-18/h5-15H,4H2,1-3H3,(H2,22,23,24,25). The van der Waals surface area contributed by atoms with E-state index in [4.69, 9.17) is 0 Å². The molecule has 1 unspecified atom stereocenters. The first-order valence-corrected chi connectivity index (χ1v) is 8.67. The Hall–Kier alpha value is -2.88. The molecule has 4 heteroatoms. The van der Waals surface area contributed by atoms with Crippen LogP contribution in [0.4, 0.5) is 17.3 Å². The first-order chi connectivity index (χ1) is 12.1. The molecule has 4 nitrogen and oxygen atoms in total. The molecule has 0 fully saturated rings. The average molecular weight is 332 g/mol. The minimum absolute atomic E-state index is 0.173. The van der Waals surface area contributed by atoms with E-state index in [9.17, 15) is 0 Å². The van der Waals surface area contributed by atoms with Gasteiger partial charge in [-0.15, -0.1) is 0 Å². The fourth-order valence-electron chi connectivity index (χ4n) is 2.72. The fourth-order valence-corrected chi connectivity index (χ4v) is 2.72. The summed E-state index contributed by atoms with van der Waals surface area (Å²) in [5.41, 5.74) is 3.57. The monoisotopic (exact) mass is 332 g/mol. The summed E-state index contributed by atoms with van der Waals surface area (Å²) in [6.07, 6.45) is 1.04. The second-order valence-corrected chi connectivity index (χ2v) is 6.14. The van der Waals surface area contributed by atoms with Gasteiger partial charge in [0.2, 0.25) is 0 Å². The van der Waals surface area contributed by atoms with Gasteiger partial charge >= 0.3 is 0 Å². The molecule has 0 amide bonds. The van der Waals surface area contributed by atoms with Crippen LogP contribution in [0.1, 0.15) is 36.8 Å². The Labute approximate surface area is 149 Å². The zero-order chi connectivity index (χ0) is 17.6. The Morgan fingerprint density at radius 1 is 0.920 bits per heavy atom. The molecule has 25 heavy (non-hydrogen) atoms. The Balaban J connectivity index is 1.75. The van der Waals surface area contributed by atoms with Crippen molar-refractivity contribution in [2.75, 3.05) is 10.6 Å². The molecule has 1 atom stereocenters. The molecular weight excluding hydrogens is 308 g/mol. The molecule has 0 saturated carbocycles. The SMILES string of the molecule is CCc1ccc(Nc2cc(NC(C)c3ccccc3)nc(C)n2)cc1. The third kappa shape index (κ3) is 4.57. The van der Waals surface area contributed by atoms with E-state index < -0.39 is 0 Å². The van der Waals surface area contributed by atoms with E-state index in [0.717, 1.165) is 29.6 Å². The zero-order valence-corrected chi connectivity index (χ0v) is 15.0. The summed E-state index contributed by atoms with van der Waals surface area (Å²) >= 11 is 0. The van der Waals surface area contributed by atoms with Crippen molar-refractivity contribution >= 4 is 17.3 Å². The van der Waals surface area contributed by atoms with Crippen molar-refractivity contribution < 1.29 is 0 Å². The number of anilines is 3. The Bertz CT molecular complexity index is 813. The van der Waals surface area contributed by atoms with Crippen molar-refractivity contribution in [3.8, 4) is 0 Å². The van der Waals surface area contributed by atoms with Crippen molar-refractivity contribution in [1.82, 2.24) is 9.97 Å². The van der Waals surface area contributed by atoms with E-state index in [2.05, 4.69) is 70.8 Å². The van der Waals surface area contributed by atoms with Crippen LogP contribution >= 0.6 is 0 Å². The Morgan fingerprint density at radius 3 is 2.28 bits per heavy atom. The van der Waals surface area contributed by atoms with Gasteiger partial charge in [-0.3, -0.25) is 0 Å². The van der Waals surface area contributed by atoms with Crippen LogP contribution in [0.25, 0.3) is 0 Å². The Morgan fingerprint density at radius 2 is 1.60 bits per heavy atom. The predicted molar refractivity (Wildman–Crippen MR) is 104 cm³/mol. The summed E-state index contributed by atoms with van der Waals surface area (Å²) in [6, 6.07) is 20.9. The normalized spacial score (nSPS) is 11.8. The molecular formula is C21H24N4. The molecule has 2 N–H and O–H groups in total. The van der Waals surface area contributed by atoms with Gasteiger partial charge in [0.15, 0.2) is 0 Å². The van der Waals surface area contributed by atoms with Crippen LogP contribution in [-0.2, 0) is 6.42 Å². The van der Waals surface area contributed by atoms with Crippen LogP contribution in [-0.4, -0.2) is 9.97 Å². The lowest BCUT2D eigenvalue weighted by Crippen LogP contribution is -2.09.